The highest BCUT2D eigenvalue weighted by molar-refractivity contribution is 5.47. The van der Waals surface area contributed by atoms with E-state index in [0.29, 0.717) is 5.69 Å². The van der Waals surface area contributed by atoms with Gasteiger partial charge in [-0.25, -0.2) is 4.98 Å². The third kappa shape index (κ3) is 3.56. The summed E-state index contributed by atoms with van der Waals surface area (Å²) < 4.78 is 37.9. The summed E-state index contributed by atoms with van der Waals surface area (Å²) in [6, 6.07) is 1.69. The number of nitrogens with two attached hydrogens (primary N) is 1. The van der Waals surface area contributed by atoms with Crippen molar-refractivity contribution >= 4 is 11.6 Å². The van der Waals surface area contributed by atoms with Gasteiger partial charge in [0.05, 0.1) is 29.7 Å². The van der Waals surface area contributed by atoms with E-state index in [1.54, 1.807) is 19.3 Å². The van der Waals surface area contributed by atoms with Gasteiger partial charge >= 0.3 is 6.18 Å². The van der Waals surface area contributed by atoms with Gasteiger partial charge in [0.2, 0.25) is 0 Å². The van der Waals surface area contributed by atoms with Crippen LogP contribution in [0, 0.1) is 6.92 Å². The second kappa shape index (κ2) is 5.32. The van der Waals surface area contributed by atoms with Crippen molar-refractivity contribution < 1.29 is 13.2 Å². The number of hydrogen-bond donors (Lipinski definition) is 2. The van der Waals surface area contributed by atoms with Crippen LogP contribution in [0.5, 0.6) is 0 Å². The number of rotatable bonds is 3. The molecule has 0 aliphatic carbocycles. The van der Waals surface area contributed by atoms with Crippen LogP contribution in [-0.4, -0.2) is 15.0 Å². The van der Waals surface area contributed by atoms with Crippen LogP contribution in [0.15, 0.2) is 24.5 Å². The summed E-state index contributed by atoms with van der Waals surface area (Å²) in [5, 5.41) is 2.74. The van der Waals surface area contributed by atoms with Gasteiger partial charge in [0, 0.05) is 6.20 Å². The molecule has 3 N–H and O–H groups in total. The first-order chi connectivity index (χ1) is 9.34. The standard InChI is InChI=1S/C12H12F3N5/c1-7-4-18-9(5-17-7)6-19-11-3-8(12(13,14)15)2-10(16)20-11/h2-5H,6H2,1H3,(H3,16,19,20). The summed E-state index contributed by atoms with van der Waals surface area (Å²) >= 11 is 0. The molecular formula is C12H12F3N5. The molecule has 2 heterocycles. The van der Waals surface area contributed by atoms with Crippen molar-refractivity contribution in [3.8, 4) is 0 Å². The van der Waals surface area contributed by atoms with E-state index in [4.69, 9.17) is 5.73 Å². The van der Waals surface area contributed by atoms with Crippen LogP contribution in [0.2, 0.25) is 0 Å². The maximum absolute atomic E-state index is 12.6. The zero-order valence-corrected chi connectivity index (χ0v) is 10.6. The first kappa shape index (κ1) is 14.0. The lowest BCUT2D eigenvalue weighted by Gasteiger charge is -2.11. The van der Waals surface area contributed by atoms with Crippen LogP contribution < -0.4 is 11.1 Å². The second-order valence-corrected chi connectivity index (χ2v) is 4.17. The van der Waals surface area contributed by atoms with E-state index in [-0.39, 0.29) is 18.2 Å². The van der Waals surface area contributed by atoms with Crippen molar-refractivity contribution in [3.63, 3.8) is 0 Å². The number of nitrogen functional groups attached to an aromatic ring is 1. The van der Waals surface area contributed by atoms with Crippen molar-refractivity contribution in [2.24, 2.45) is 0 Å². The van der Waals surface area contributed by atoms with Crippen LogP contribution in [0.1, 0.15) is 17.0 Å². The molecule has 0 amide bonds. The van der Waals surface area contributed by atoms with E-state index >= 15 is 0 Å². The van der Waals surface area contributed by atoms with Gasteiger partial charge in [-0.1, -0.05) is 0 Å². The minimum absolute atomic E-state index is 0.0414. The number of halogens is 3. The van der Waals surface area contributed by atoms with Crippen LogP contribution in [-0.2, 0) is 12.7 Å². The molecule has 0 aliphatic rings. The van der Waals surface area contributed by atoms with Gasteiger partial charge in [0.25, 0.3) is 0 Å². The maximum Gasteiger partial charge on any atom is 0.416 e. The smallest absolute Gasteiger partial charge is 0.384 e. The first-order valence-electron chi connectivity index (χ1n) is 5.71. The molecule has 0 aliphatic heterocycles. The van der Waals surface area contributed by atoms with Crippen LogP contribution >= 0.6 is 0 Å². The lowest BCUT2D eigenvalue weighted by Crippen LogP contribution is -2.10. The number of pyridine rings is 1. The second-order valence-electron chi connectivity index (χ2n) is 4.17. The SMILES string of the molecule is Cc1cnc(CNc2cc(C(F)(F)F)cc(N)n2)cn1. The van der Waals surface area contributed by atoms with E-state index in [0.717, 1.165) is 17.8 Å². The molecule has 0 aromatic carbocycles. The molecule has 2 aromatic rings. The maximum atomic E-state index is 12.6. The molecule has 0 radical (unpaired) electrons. The Morgan fingerprint density at radius 1 is 1.20 bits per heavy atom. The number of nitrogens with one attached hydrogen (secondary N) is 1. The first-order valence-corrected chi connectivity index (χ1v) is 5.71. The van der Waals surface area contributed by atoms with Crippen molar-refractivity contribution in [3.05, 3.63) is 41.5 Å². The minimum atomic E-state index is -4.46. The summed E-state index contributed by atoms with van der Waals surface area (Å²) in [4.78, 5) is 11.9. The fourth-order valence-electron chi connectivity index (χ4n) is 1.50. The Balaban J connectivity index is 2.13. The van der Waals surface area contributed by atoms with Crippen LogP contribution in [0.25, 0.3) is 0 Å². The Bertz CT molecular complexity index is 595. The third-order valence-electron chi connectivity index (χ3n) is 2.46. The predicted molar refractivity (Wildman–Crippen MR) is 67.7 cm³/mol. The molecule has 0 saturated carbocycles. The fraction of sp³-hybridized carbons (Fsp3) is 0.250. The van der Waals surface area contributed by atoms with Gasteiger partial charge in [0.15, 0.2) is 0 Å². The molecular weight excluding hydrogens is 271 g/mol. The van der Waals surface area contributed by atoms with Gasteiger partial charge in [-0.05, 0) is 19.1 Å². The normalized spacial score (nSPS) is 11.4. The molecule has 2 aromatic heterocycles. The molecule has 8 heteroatoms. The number of aromatic nitrogens is 3. The number of hydrogen-bond acceptors (Lipinski definition) is 5. The lowest BCUT2D eigenvalue weighted by atomic mass is 10.2. The van der Waals surface area contributed by atoms with Gasteiger partial charge in [-0.3, -0.25) is 9.97 Å². The molecule has 2 rings (SSSR count). The minimum Gasteiger partial charge on any atom is -0.384 e. The molecule has 0 fully saturated rings. The van der Waals surface area contributed by atoms with E-state index < -0.39 is 11.7 Å². The number of nitrogens with zero attached hydrogens (tertiary/aromatic N) is 3. The molecule has 5 nitrogen and oxygen atoms in total. The van der Waals surface area contributed by atoms with Crippen LogP contribution in [0.3, 0.4) is 0 Å². The molecule has 0 spiro atoms. The summed E-state index contributed by atoms with van der Waals surface area (Å²) in [7, 11) is 0. The summed E-state index contributed by atoms with van der Waals surface area (Å²) in [5.41, 5.74) is 5.87. The number of alkyl halides is 3. The van der Waals surface area contributed by atoms with E-state index in [1.807, 2.05) is 0 Å². The Morgan fingerprint density at radius 3 is 2.55 bits per heavy atom. The van der Waals surface area contributed by atoms with E-state index in [2.05, 4.69) is 20.3 Å². The van der Waals surface area contributed by atoms with Gasteiger partial charge in [-0.15, -0.1) is 0 Å². The molecule has 20 heavy (non-hydrogen) atoms. The van der Waals surface area contributed by atoms with Gasteiger partial charge in [-0.2, -0.15) is 13.2 Å². The highest BCUT2D eigenvalue weighted by Crippen LogP contribution is 2.31. The molecule has 0 bridgehead atoms. The van der Waals surface area contributed by atoms with E-state index in [1.165, 1.54) is 0 Å². The molecule has 0 saturated heterocycles. The highest BCUT2D eigenvalue weighted by atomic mass is 19.4. The Kier molecular flexibility index (Phi) is 3.73. The monoisotopic (exact) mass is 283 g/mol. The Morgan fingerprint density at radius 2 is 1.95 bits per heavy atom. The van der Waals surface area contributed by atoms with Crippen molar-refractivity contribution in [1.82, 2.24) is 15.0 Å². The van der Waals surface area contributed by atoms with Crippen molar-refractivity contribution in [2.45, 2.75) is 19.6 Å². The zero-order chi connectivity index (χ0) is 14.8. The topological polar surface area (TPSA) is 76.7 Å². The molecule has 106 valence electrons. The summed E-state index contributed by atoms with van der Waals surface area (Å²) in [6.45, 7) is 2.00. The quantitative estimate of drug-likeness (QED) is 0.904. The predicted octanol–water partition coefficient (Wildman–Crippen LogP) is 2.39. The van der Waals surface area contributed by atoms with Crippen molar-refractivity contribution in [2.75, 3.05) is 11.1 Å². The average Bonchev–Trinajstić information content (AvgIpc) is 2.36. The van der Waals surface area contributed by atoms with Crippen molar-refractivity contribution in [1.29, 1.82) is 0 Å². The average molecular weight is 283 g/mol. The third-order valence-corrected chi connectivity index (χ3v) is 2.46. The Labute approximate surface area is 113 Å². The van der Waals surface area contributed by atoms with E-state index in [9.17, 15) is 13.2 Å². The number of anilines is 2. The fourth-order valence-corrected chi connectivity index (χ4v) is 1.50. The summed E-state index contributed by atoms with van der Waals surface area (Å²) in [5.74, 6) is -0.156. The molecule has 0 atom stereocenters. The van der Waals surface area contributed by atoms with Gasteiger partial charge in [0.1, 0.15) is 11.6 Å². The highest BCUT2D eigenvalue weighted by Gasteiger charge is 2.31. The largest absolute Gasteiger partial charge is 0.416 e. The lowest BCUT2D eigenvalue weighted by molar-refractivity contribution is -0.137. The van der Waals surface area contributed by atoms with Gasteiger partial charge < -0.3 is 11.1 Å². The van der Waals surface area contributed by atoms with Crippen LogP contribution in [0.4, 0.5) is 24.8 Å². The summed E-state index contributed by atoms with van der Waals surface area (Å²) in [6.07, 6.45) is -1.35. The zero-order valence-electron chi connectivity index (χ0n) is 10.6. The number of aryl methyl sites for hydroxylation is 1. The Hall–Kier alpha value is -2.38. The molecule has 0 unspecified atom stereocenters.